The fraction of sp³-hybridized carbons (Fsp3) is 0.267. The van der Waals surface area contributed by atoms with Crippen LogP contribution in [-0.4, -0.2) is 54.1 Å². The minimum Gasteiger partial charge on any atom is -0.395 e. The number of benzene rings is 1. The molecule has 1 fully saturated rings. The van der Waals surface area contributed by atoms with Gasteiger partial charge >= 0.3 is 6.03 Å². The topological polar surface area (TPSA) is 102 Å². The SMILES string of the molecule is O=C1C=C(Nc2cccc(N3CCNC3=O)c2)C(=O)N1CCO. The monoisotopic (exact) mass is 316 g/mol. The Labute approximate surface area is 132 Å². The van der Waals surface area contributed by atoms with E-state index in [1.165, 1.54) is 6.08 Å². The summed E-state index contributed by atoms with van der Waals surface area (Å²) in [7, 11) is 0. The van der Waals surface area contributed by atoms with E-state index in [2.05, 4.69) is 10.6 Å². The largest absolute Gasteiger partial charge is 0.395 e. The van der Waals surface area contributed by atoms with Gasteiger partial charge in [-0.2, -0.15) is 0 Å². The molecule has 1 aromatic carbocycles. The van der Waals surface area contributed by atoms with E-state index in [9.17, 15) is 14.4 Å². The molecule has 3 rings (SSSR count). The second kappa shape index (κ2) is 6.09. The Hall–Kier alpha value is -2.87. The van der Waals surface area contributed by atoms with Crippen molar-refractivity contribution in [1.82, 2.24) is 10.2 Å². The number of carbonyl (C=O) groups is 3. The summed E-state index contributed by atoms with van der Waals surface area (Å²) < 4.78 is 0. The zero-order chi connectivity index (χ0) is 16.4. The summed E-state index contributed by atoms with van der Waals surface area (Å²) >= 11 is 0. The summed E-state index contributed by atoms with van der Waals surface area (Å²) in [6.45, 7) is 0.850. The van der Waals surface area contributed by atoms with Crippen LogP contribution in [0.3, 0.4) is 0 Å². The van der Waals surface area contributed by atoms with Gasteiger partial charge in [-0.3, -0.25) is 19.4 Å². The van der Waals surface area contributed by atoms with E-state index in [-0.39, 0.29) is 24.9 Å². The first-order valence-electron chi connectivity index (χ1n) is 7.21. The van der Waals surface area contributed by atoms with Gasteiger partial charge in [-0.25, -0.2) is 4.79 Å². The average Bonchev–Trinajstić information content (AvgIpc) is 3.07. The third kappa shape index (κ3) is 2.88. The molecule has 0 radical (unpaired) electrons. The number of aliphatic hydroxyl groups is 1. The van der Waals surface area contributed by atoms with Gasteiger partial charge in [-0.15, -0.1) is 0 Å². The minimum absolute atomic E-state index is 0.0344. The van der Waals surface area contributed by atoms with Crippen LogP contribution in [0.25, 0.3) is 0 Å². The predicted molar refractivity (Wildman–Crippen MR) is 82.7 cm³/mol. The molecule has 120 valence electrons. The van der Waals surface area contributed by atoms with Gasteiger partial charge in [0, 0.05) is 30.5 Å². The van der Waals surface area contributed by atoms with E-state index in [4.69, 9.17) is 5.11 Å². The number of urea groups is 1. The summed E-state index contributed by atoms with van der Waals surface area (Å²) in [5, 5.41) is 14.5. The summed E-state index contributed by atoms with van der Waals surface area (Å²) in [5.41, 5.74) is 1.45. The molecule has 23 heavy (non-hydrogen) atoms. The van der Waals surface area contributed by atoms with Crippen LogP contribution in [-0.2, 0) is 9.59 Å². The first kappa shape index (κ1) is 15.0. The molecule has 3 N–H and O–H groups in total. The summed E-state index contributed by atoms with van der Waals surface area (Å²) in [5.74, 6) is -0.935. The fourth-order valence-corrected chi connectivity index (χ4v) is 2.53. The quantitative estimate of drug-likeness (QED) is 0.657. The number of rotatable bonds is 5. The van der Waals surface area contributed by atoms with Gasteiger partial charge < -0.3 is 15.7 Å². The number of imide groups is 1. The van der Waals surface area contributed by atoms with Crippen LogP contribution in [0.5, 0.6) is 0 Å². The molecular weight excluding hydrogens is 300 g/mol. The normalized spacial score (nSPS) is 17.6. The molecule has 2 heterocycles. The van der Waals surface area contributed by atoms with Crippen molar-refractivity contribution in [2.45, 2.75) is 0 Å². The summed E-state index contributed by atoms with van der Waals surface area (Å²) in [4.78, 5) is 38.1. The number of carbonyl (C=O) groups excluding carboxylic acids is 3. The van der Waals surface area contributed by atoms with Gasteiger partial charge in [0.2, 0.25) is 0 Å². The summed E-state index contributed by atoms with van der Waals surface area (Å²) in [6, 6.07) is 6.87. The zero-order valence-electron chi connectivity index (χ0n) is 12.3. The number of amides is 4. The van der Waals surface area contributed by atoms with Crippen LogP contribution in [0.4, 0.5) is 16.2 Å². The molecule has 0 aromatic heterocycles. The lowest BCUT2D eigenvalue weighted by Gasteiger charge is -2.16. The van der Waals surface area contributed by atoms with Crippen LogP contribution in [0.15, 0.2) is 36.0 Å². The second-order valence-corrected chi connectivity index (χ2v) is 5.14. The third-order valence-corrected chi connectivity index (χ3v) is 3.63. The fourth-order valence-electron chi connectivity index (χ4n) is 2.53. The smallest absolute Gasteiger partial charge is 0.321 e. The molecule has 1 aromatic rings. The molecule has 2 aliphatic rings. The summed E-state index contributed by atoms with van der Waals surface area (Å²) in [6.07, 6.45) is 1.20. The third-order valence-electron chi connectivity index (χ3n) is 3.63. The number of nitrogens with zero attached hydrogens (tertiary/aromatic N) is 2. The lowest BCUT2D eigenvalue weighted by molar-refractivity contribution is -0.137. The zero-order valence-corrected chi connectivity index (χ0v) is 12.3. The Kier molecular flexibility index (Phi) is 3.98. The lowest BCUT2D eigenvalue weighted by Crippen LogP contribution is -2.34. The predicted octanol–water partition coefficient (Wildman–Crippen LogP) is -0.127. The van der Waals surface area contributed by atoms with Crippen LogP contribution in [0.1, 0.15) is 0 Å². The van der Waals surface area contributed by atoms with Crippen molar-refractivity contribution in [3.8, 4) is 0 Å². The van der Waals surface area contributed by atoms with Crippen molar-refractivity contribution in [3.63, 3.8) is 0 Å². The van der Waals surface area contributed by atoms with Crippen molar-refractivity contribution in [1.29, 1.82) is 0 Å². The van der Waals surface area contributed by atoms with Crippen molar-refractivity contribution in [2.75, 3.05) is 36.5 Å². The lowest BCUT2D eigenvalue weighted by atomic mass is 10.2. The van der Waals surface area contributed by atoms with Crippen molar-refractivity contribution in [2.24, 2.45) is 0 Å². The molecule has 0 bridgehead atoms. The number of nitrogens with one attached hydrogen (secondary N) is 2. The molecule has 8 heteroatoms. The van der Waals surface area contributed by atoms with Crippen LogP contribution >= 0.6 is 0 Å². The highest BCUT2D eigenvalue weighted by molar-refractivity contribution is 6.17. The van der Waals surface area contributed by atoms with Gasteiger partial charge in [-0.1, -0.05) is 6.07 Å². The van der Waals surface area contributed by atoms with Crippen molar-refractivity contribution in [3.05, 3.63) is 36.0 Å². The molecule has 0 atom stereocenters. The Balaban J connectivity index is 1.76. The first-order valence-corrected chi connectivity index (χ1v) is 7.21. The van der Waals surface area contributed by atoms with E-state index >= 15 is 0 Å². The standard InChI is InChI=1S/C15H16N4O4/c20-7-6-19-13(21)9-12(14(19)22)17-10-2-1-3-11(8-10)18-5-4-16-15(18)23/h1-3,8-9,17,20H,4-7H2,(H,16,23). The van der Waals surface area contributed by atoms with Crippen molar-refractivity contribution >= 4 is 29.2 Å². The molecule has 0 unspecified atom stereocenters. The van der Waals surface area contributed by atoms with Gasteiger partial charge in [-0.05, 0) is 18.2 Å². The highest BCUT2D eigenvalue weighted by Crippen LogP contribution is 2.23. The number of β-amino-alcohol motifs (C(OH)–C–C–N with tert-alkyl or cyclic N) is 1. The minimum atomic E-state index is -0.478. The molecule has 1 saturated heterocycles. The average molecular weight is 316 g/mol. The number of anilines is 2. The Morgan fingerprint density at radius 2 is 2.09 bits per heavy atom. The van der Waals surface area contributed by atoms with Gasteiger partial charge in [0.15, 0.2) is 0 Å². The van der Waals surface area contributed by atoms with Crippen LogP contribution in [0, 0.1) is 0 Å². The Morgan fingerprint density at radius 3 is 2.78 bits per heavy atom. The molecular formula is C15H16N4O4. The molecule has 0 saturated carbocycles. The number of hydrogen-bond acceptors (Lipinski definition) is 5. The number of hydrogen-bond donors (Lipinski definition) is 3. The molecule has 0 spiro atoms. The van der Waals surface area contributed by atoms with Crippen LogP contribution in [0.2, 0.25) is 0 Å². The maximum atomic E-state index is 12.1. The van der Waals surface area contributed by atoms with Gasteiger partial charge in [0.1, 0.15) is 5.70 Å². The van der Waals surface area contributed by atoms with Crippen LogP contribution < -0.4 is 15.5 Å². The Morgan fingerprint density at radius 1 is 1.26 bits per heavy atom. The van der Waals surface area contributed by atoms with Gasteiger partial charge in [0.25, 0.3) is 11.8 Å². The second-order valence-electron chi connectivity index (χ2n) is 5.14. The van der Waals surface area contributed by atoms with E-state index in [0.29, 0.717) is 24.5 Å². The van der Waals surface area contributed by atoms with E-state index in [0.717, 1.165) is 4.90 Å². The maximum Gasteiger partial charge on any atom is 0.321 e. The van der Waals surface area contributed by atoms with Crippen molar-refractivity contribution < 1.29 is 19.5 Å². The van der Waals surface area contributed by atoms with E-state index < -0.39 is 11.8 Å². The highest BCUT2D eigenvalue weighted by Gasteiger charge is 2.30. The molecule has 4 amide bonds. The maximum absolute atomic E-state index is 12.1. The Bertz CT molecular complexity index is 700. The molecule has 0 aliphatic carbocycles. The number of aliphatic hydroxyl groups excluding tert-OH is 1. The van der Waals surface area contributed by atoms with E-state index in [1.807, 2.05) is 0 Å². The first-order chi connectivity index (χ1) is 11.1. The molecule has 2 aliphatic heterocycles. The molecule has 8 nitrogen and oxygen atoms in total. The van der Waals surface area contributed by atoms with Gasteiger partial charge in [0.05, 0.1) is 13.2 Å². The highest BCUT2D eigenvalue weighted by atomic mass is 16.3. The van der Waals surface area contributed by atoms with E-state index in [1.54, 1.807) is 29.2 Å².